The standard InChI is InChI=1S/C25H27N7O9S/c26-23(28-24(34)40-13-15-1-5-18(6-2-15)31(36)37)29-10-17(11-29)27-22(33)21-9-20(42)12-30(21)25(35)41-14-16-3-7-19(8-4-16)32(38)39/h1-8,17,20-21,42H,9-14H2,(H,27,33)(H2,26,28,34)/t20-,21-/m0/s1. The lowest BCUT2D eigenvalue weighted by atomic mass is 10.1. The molecule has 3 N–H and O–H groups in total. The Morgan fingerprint density at radius 1 is 0.905 bits per heavy atom. The summed E-state index contributed by atoms with van der Waals surface area (Å²) in [5.41, 5.74) is 0.917. The van der Waals surface area contributed by atoms with Gasteiger partial charge in [-0.3, -0.25) is 40.6 Å². The normalized spacial score (nSPS) is 18.0. The molecule has 2 fully saturated rings. The molecule has 2 atom stereocenters. The molecule has 3 amide bonds. The van der Waals surface area contributed by atoms with E-state index < -0.39 is 34.0 Å². The Hall–Kier alpha value is -4.93. The Morgan fingerprint density at radius 2 is 1.43 bits per heavy atom. The Labute approximate surface area is 244 Å². The summed E-state index contributed by atoms with van der Waals surface area (Å²) in [5, 5.41) is 34.4. The maximum atomic E-state index is 13.0. The van der Waals surface area contributed by atoms with Crippen LogP contribution in [0.15, 0.2) is 48.5 Å². The third-order valence-corrected chi connectivity index (χ3v) is 6.98. The van der Waals surface area contributed by atoms with Crippen LogP contribution in [0, 0.1) is 25.6 Å². The van der Waals surface area contributed by atoms with Gasteiger partial charge in [0.1, 0.15) is 19.3 Å². The van der Waals surface area contributed by atoms with Gasteiger partial charge in [-0.25, -0.2) is 9.59 Å². The van der Waals surface area contributed by atoms with Crippen LogP contribution in [0.4, 0.5) is 21.0 Å². The number of non-ortho nitro benzene ring substituents is 2. The first-order chi connectivity index (χ1) is 20.0. The van der Waals surface area contributed by atoms with Crippen molar-refractivity contribution in [1.82, 2.24) is 20.4 Å². The van der Waals surface area contributed by atoms with E-state index in [1.807, 2.05) is 0 Å². The molecule has 4 rings (SSSR count). The minimum atomic E-state index is -0.875. The highest BCUT2D eigenvalue weighted by Crippen LogP contribution is 2.24. The molecule has 17 heteroatoms. The van der Waals surface area contributed by atoms with Gasteiger partial charge >= 0.3 is 12.2 Å². The van der Waals surface area contributed by atoms with Crippen molar-refractivity contribution < 1.29 is 33.7 Å². The molecule has 2 aromatic carbocycles. The van der Waals surface area contributed by atoms with Crippen molar-refractivity contribution in [3.63, 3.8) is 0 Å². The maximum Gasteiger partial charge on any atom is 0.414 e. The highest BCUT2D eigenvalue weighted by atomic mass is 32.1. The van der Waals surface area contributed by atoms with E-state index in [1.54, 1.807) is 0 Å². The van der Waals surface area contributed by atoms with Crippen LogP contribution in [0.5, 0.6) is 0 Å². The number of nitro benzene ring substituents is 2. The molecule has 0 spiro atoms. The summed E-state index contributed by atoms with van der Waals surface area (Å²) >= 11 is 4.41. The second-order valence-corrected chi connectivity index (χ2v) is 10.3. The van der Waals surface area contributed by atoms with Gasteiger partial charge < -0.3 is 19.7 Å². The van der Waals surface area contributed by atoms with E-state index in [4.69, 9.17) is 14.9 Å². The lowest BCUT2D eigenvalue weighted by molar-refractivity contribution is -0.385. The second kappa shape index (κ2) is 13.2. The predicted octanol–water partition coefficient (Wildman–Crippen LogP) is 2.17. The van der Waals surface area contributed by atoms with Crippen LogP contribution in [0.25, 0.3) is 0 Å². The molecule has 2 aliphatic rings. The summed E-state index contributed by atoms with van der Waals surface area (Å²) in [7, 11) is 0. The molecule has 2 aromatic rings. The van der Waals surface area contributed by atoms with Crippen LogP contribution in [-0.2, 0) is 27.5 Å². The molecule has 42 heavy (non-hydrogen) atoms. The molecule has 0 saturated carbocycles. The number of thiol groups is 1. The molecule has 0 radical (unpaired) electrons. The fourth-order valence-corrected chi connectivity index (χ4v) is 4.71. The van der Waals surface area contributed by atoms with Gasteiger partial charge in [-0.15, -0.1) is 0 Å². The van der Waals surface area contributed by atoms with Crippen LogP contribution >= 0.6 is 12.6 Å². The molecule has 0 unspecified atom stereocenters. The Kier molecular flexibility index (Phi) is 9.41. The number of nitrogens with one attached hydrogen (secondary N) is 3. The van der Waals surface area contributed by atoms with E-state index in [2.05, 4.69) is 23.3 Å². The van der Waals surface area contributed by atoms with Crippen molar-refractivity contribution >= 4 is 48.1 Å². The average molecular weight is 602 g/mol. The SMILES string of the molecule is N=C(NC(=O)OCc1ccc([N+](=O)[O-])cc1)N1CC(NC(=O)[C@@H]2C[C@H](S)CN2C(=O)OCc2ccc([N+](=O)[O-])cc2)C1. The van der Waals surface area contributed by atoms with Gasteiger partial charge in [-0.2, -0.15) is 12.6 Å². The van der Waals surface area contributed by atoms with Crippen LogP contribution in [0.2, 0.25) is 0 Å². The van der Waals surface area contributed by atoms with E-state index in [1.165, 1.54) is 58.3 Å². The number of hydrogen-bond acceptors (Lipinski definition) is 11. The summed E-state index contributed by atoms with van der Waals surface area (Å²) in [6, 6.07) is 9.94. The Morgan fingerprint density at radius 3 is 1.95 bits per heavy atom. The molecule has 2 saturated heterocycles. The number of alkyl carbamates (subject to hydrolysis) is 1. The lowest BCUT2D eigenvalue weighted by Crippen LogP contribution is -2.65. The molecule has 222 valence electrons. The topological polar surface area (TPSA) is 210 Å². The fraction of sp³-hybridized carbons (Fsp3) is 0.360. The first kappa shape index (κ1) is 30.0. The van der Waals surface area contributed by atoms with E-state index in [9.17, 15) is 34.6 Å². The van der Waals surface area contributed by atoms with Gasteiger partial charge in [0.05, 0.1) is 15.9 Å². The fourth-order valence-electron chi connectivity index (χ4n) is 4.33. The summed E-state index contributed by atoms with van der Waals surface area (Å²) in [4.78, 5) is 60.9. The summed E-state index contributed by atoms with van der Waals surface area (Å²) < 4.78 is 10.4. The number of benzene rings is 2. The van der Waals surface area contributed by atoms with Gasteiger partial charge in [-0.1, -0.05) is 0 Å². The second-order valence-electron chi connectivity index (χ2n) is 9.62. The third-order valence-electron chi connectivity index (χ3n) is 6.61. The molecule has 0 aliphatic carbocycles. The number of nitrogens with zero attached hydrogens (tertiary/aromatic N) is 4. The Balaban J connectivity index is 1.18. The number of hydrogen-bond donors (Lipinski definition) is 4. The van der Waals surface area contributed by atoms with Crippen molar-refractivity contribution in [2.24, 2.45) is 0 Å². The summed E-state index contributed by atoms with van der Waals surface area (Å²) in [6.45, 7) is 0.426. The maximum absolute atomic E-state index is 13.0. The van der Waals surface area contributed by atoms with E-state index >= 15 is 0 Å². The molecular weight excluding hydrogens is 574 g/mol. The highest BCUT2D eigenvalue weighted by Gasteiger charge is 2.41. The molecule has 0 bridgehead atoms. The zero-order valence-electron chi connectivity index (χ0n) is 22.0. The average Bonchev–Trinajstić information content (AvgIpc) is 3.34. The van der Waals surface area contributed by atoms with Crippen LogP contribution < -0.4 is 10.6 Å². The van der Waals surface area contributed by atoms with Gasteiger partial charge in [-0.05, 0) is 41.8 Å². The molecule has 0 aromatic heterocycles. The number of amides is 3. The first-order valence-electron chi connectivity index (χ1n) is 12.7. The van der Waals surface area contributed by atoms with Gasteiger partial charge in [0, 0.05) is 49.1 Å². The molecule has 2 heterocycles. The summed E-state index contributed by atoms with van der Waals surface area (Å²) in [6.07, 6.45) is -1.27. The van der Waals surface area contributed by atoms with Crippen molar-refractivity contribution in [3.05, 3.63) is 79.9 Å². The van der Waals surface area contributed by atoms with Crippen molar-refractivity contribution in [2.75, 3.05) is 19.6 Å². The molecule has 2 aliphatic heterocycles. The zero-order valence-corrected chi connectivity index (χ0v) is 22.9. The van der Waals surface area contributed by atoms with Crippen LogP contribution in [0.3, 0.4) is 0 Å². The number of carbonyl (C=O) groups is 3. The van der Waals surface area contributed by atoms with Gasteiger partial charge in [0.15, 0.2) is 0 Å². The minimum absolute atomic E-state index is 0.0839. The number of likely N-dealkylation sites (tertiary alicyclic amines) is 2. The highest BCUT2D eigenvalue weighted by molar-refractivity contribution is 7.81. The van der Waals surface area contributed by atoms with Crippen molar-refractivity contribution in [3.8, 4) is 0 Å². The quantitative estimate of drug-likeness (QED) is 0.114. The number of ether oxygens (including phenoxy) is 2. The summed E-state index contributed by atoms with van der Waals surface area (Å²) in [5.74, 6) is -0.618. The molecule has 16 nitrogen and oxygen atoms in total. The zero-order chi connectivity index (χ0) is 30.4. The minimum Gasteiger partial charge on any atom is -0.445 e. The first-order valence-corrected chi connectivity index (χ1v) is 13.2. The van der Waals surface area contributed by atoms with Crippen LogP contribution in [0.1, 0.15) is 17.5 Å². The predicted molar refractivity (Wildman–Crippen MR) is 149 cm³/mol. The number of nitro groups is 2. The molecular formula is C25H27N7O9S. The van der Waals surface area contributed by atoms with Crippen LogP contribution in [-0.4, -0.2) is 80.7 Å². The Bertz CT molecular complexity index is 1370. The van der Waals surface area contributed by atoms with Crippen molar-refractivity contribution in [1.29, 1.82) is 5.41 Å². The monoisotopic (exact) mass is 601 g/mol. The third kappa shape index (κ3) is 7.62. The van der Waals surface area contributed by atoms with Crippen molar-refractivity contribution in [2.45, 2.75) is 37.0 Å². The van der Waals surface area contributed by atoms with E-state index in [-0.39, 0.29) is 61.5 Å². The smallest absolute Gasteiger partial charge is 0.414 e. The van der Waals surface area contributed by atoms with E-state index in [0.717, 1.165) is 0 Å². The number of rotatable bonds is 8. The number of guanidine groups is 1. The van der Waals surface area contributed by atoms with Gasteiger partial charge in [0.2, 0.25) is 11.9 Å². The van der Waals surface area contributed by atoms with Gasteiger partial charge in [0.25, 0.3) is 11.4 Å². The lowest BCUT2D eigenvalue weighted by Gasteiger charge is -2.41. The van der Waals surface area contributed by atoms with E-state index in [0.29, 0.717) is 17.5 Å². The largest absolute Gasteiger partial charge is 0.445 e. The number of carbonyl (C=O) groups excluding carboxylic acids is 3.